The summed E-state index contributed by atoms with van der Waals surface area (Å²) in [5.74, 6) is -4.33. The van der Waals surface area contributed by atoms with E-state index in [0.717, 1.165) is 5.56 Å². The summed E-state index contributed by atoms with van der Waals surface area (Å²) in [6.45, 7) is 0. The number of benzene rings is 2. The van der Waals surface area contributed by atoms with E-state index in [9.17, 15) is 28.8 Å². The van der Waals surface area contributed by atoms with Crippen LogP contribution in [0.2, 0.25) is 0 Å². The van der Waals surface area contributed by atoms with Crippen LogP contribution in [-0.2, 0) is 41.6 Å². The topological polar surface area (TPSA) is 243 Å². The lowest BCUT2D eigenvalue weighted by Gasteiger charge is -2.25. The summed E-state index contributed by atoms with van der Waals surface area (Å²) >= 11 is 0. The van der Waals surface area contributed by atoms with Crippen molar-refractivity contribution >= 4 is 35.4 Å². The average Bonchev–Trinajstić information content (AvgIpc) is 2.93. The van der Waals surface area contributed by atoms with Crippen LogP contribution < -0.4 is 38.9 Å². The molecule has 0 aliphatic rings. The second kappa shape index (κ2) is 16.4. The van der Waals surface area contributed by atoms with E-state index in [4.69, 9.17) is 22.9 Å². The van der Waals surface area contributed by atoms with Gasteiger partial charge in [0.2, 0.25) is 35.4 Å². The Balaban J connectivity index is 2.24. The van der Waals surface area contributed by atoms with Gasteiger partial charge in [0.25, 0.3) is 0 Å². The van der Waals surface area contributed by atoms with Crippen LogP contribution in [-0.4, -0.2) is 59.6 Å². The molecule has 0 aromatic heterocycles. The minimum absolute atomic E-state index is 0.0455. The van der Waals surface area contributed by atoms with Gasteiger partial charge in [-0.25, -0.2) is 0 Å². The predicted octanol–water partition coefficient (Wildman–Crippen LogP) is -1.73. The number of hydrogen-bond acceptors (Lipinski definition) is 7. The predicted molar refractivity (Wildman–Crippen MR) is 150 cm³/mol. The van der Waals surface area contributed by atoms with Crippen LogP contribution in [0.25, 0.3) is 0 Å². The highest BCUT2D eigenvalue weighted by molar-refractivity contribution is 5.95. The molecule has 13 nitrogen and oxygen atoms in total. The monoisotopic (exact) mass is 567 g/mol. The smallest absolute Gasteiger partial charge is 0.243 e. The van der Waals surface area contributed by atoms with Crippen molar-refractivity contribution in [2.45, 2.75) is 62.7 Å². The lowest BCUT2D eigenvalue weighted by atomic mass is 10.0. The van der Waals surface area contributed by atoms with E-state index in [2.05, 4.69) is 16.0 Å². The molecule has 0 aliphatic carbocycles. The second-order valence-corrected chi connectivity index (χ2v) is 9.58. The van der Waals surface area contributed by atoms with E-state index in [1.54, 1.807) is 54.6 Å². The van der Waals surface area contributed by atoms with E-state index in [1.165, 1.54) is 0 Å². The van der Waals surface area contributed by atoms with E-state index in [-0.39, 0.29) is 38.5 Å². The summed E-state index contributed by atoms with van der Waals surface area (Å²) in [5.41, 5.74) is 23.2. The Hall–Kier alpha value is -4.78. The Labute approximate surface area is 237 Å². The van der Waals surface area contributed by atoms with Crippen molar-refractivity contribution in [2.24, 2.45) is 22.9 Å². The third kappa shape index (κ3) is 11.9. The zero-order valence-corrected chi connectivity index (χ0v) is 22.6. The van der Waals surface area contributed by atoms with E-state index < -0.39 is 59.6 Å². The number of rotatable bonds is 17. The molecule has 4 atom stereocenters. The van der Waals surface area contributed by atoms with Gasteiger partial charge >= 0.3 is 0 Å². The number of nitrogens with one attached hydrogen (secondary N) is 3. The van der Waals surface area contributed by atoms with E-state index >= 15 is 0 Å². The van der Waals surface area contributed by atoms with Crippen molar-refractivity contribution in [3.63, 3.8) is 0 Å². The number of carbonyl (C=O) groups is 6. The molecule has 0 saturated carbocycles. The Morgan fingerprint density at radius 1 is 0.561 bits per heavy atom. The van der Waals surface area contributed by atoms with Crippen LogP contribution in [0.1, 0.15) is 36.8 Å². The molecule has 0 unspecified atom stereocenters. The first kappa shape index (κ1) is 32.4. The van der Waals surface area contributed by atoms with Gasteiger partial charge in [0.05, 0.1) is 6.04 Å². The fraction of sp³-hybridized carbons (Fsp3) is 0.357. The normalized spacial score (nSPS) is 13.6. The second-order valence-electron chi connectivity index (χ2n) is 9.58. The minimum atomic E-state index is -1.28. The van der Waals surface area contributed by atoms with Gasteiger partial charge in [0.15, 0.2) is 0 Å². The van der Waals surface area contributed by atoms with E-state index in [1.807, 2.05) is 6.07 Å². The summed E-state index contributed by atoms with van der Waals surface area (Å²) in [5, 5.41) is 7.67. The molecule has 6 amide bonds. The van der Waals surface area contributed by atoms with Crippen LogP contribution in [0.3, 0.4) is 0 Å². The molecule has 2 aromatic carbocycles. The first-order valence-corrected chi connectivity index (χ1v) is 13.1. The van der Waals surface area contributed by atoms with Gasteiger partial charge in [-0.2, -0.15) is 0 Å². The highest BCUT2D eigenvalue weighted by Crippen LogP contribution is 2.08. The number of nitrogens with two attached hydrogens (primary N) is 4. The number of hydrogen-bond donors (Lipinski definition) is 7. The Morgan fingerprint density at radius 3 is 1.46 bits per heavy atom. The molecule has 0 aliphatic heterocycles. The lowest BCUT2D eigenvalue weighted by molar-refractivity contribution is -0.134. The highest BCUT2D eigenvalue weighted by Gasteiger charge is 2.30. The molecular formula is C28H37N7O6. The third-order valence-corrected chi connectivity index (χ3v) is 6.21. The fourth-order valence-electron chi connectivity index (χ4n) is 3.94. The molecule has 0 bridgehead atoms. The third-order valence-electron chi connectivity index (χ3n) is 6.21. The van der Waals surface area contributed by atoms with Crippen molar-refractivity contribution in [1.82, 2.24) is 16.0 Å². The Kier molecular flexibility index (Phi) is 12.9. The van der Waals surface area contributed by atoms with Crippen LogP contribution in [0.4, 0.5) is 0 Å². The van der Waals surface area contributed by atoms with Gasteiger partial charge in [-0.05, 0) is 24.0 Å². The molecule has 0 spiro atoms. The highest BCUT2D eigenvalue weighted by atomic mass is 16.2. The molecule has 2 rings (SSSR count). The maximum atomic E-state index is 13.4. The molecule has 41 heavy (non-hydrogen) atoms. The van der Waals surface area contributed by atoms with E-state index in [0.29, 0.717) is 5.56 Å². The molecule has 13 heteroatoms. The molecule has 0 heterocycles. The number of primary amides is 3. The molecule has 0 fully saturated rings. The van der Waals surface area contributed by atoms with Crippen LogP contribution in [0.15, 0.2) is 60.7 Å². The SMILES string of the molecule is NC(=O)CC[C@H](NC(=O)[C@@H](N)CCC(N)=O)C(=O)N[C@@H](Cc1ccccc1)C(=O)N[C@@H](Cc1ccccc1)C(N)=O. The standard InChI is InChI=1S/C28H37N7O6/c29-19(11-13-23(30)36)26(39)33-20(12-14-24(31)37)27(40)35-22(16-18-9-5-2-6-10-18)28(41)34-21(25(32)38)15-17-7-3-1-4-8-17/h1-10,19-22H,11-16,29H2,(H2,30,36)(H2,31,37)(H2,32,38)(H,33,39)(H,34,41)(H,35,40)/t19-,20-,21-,22-/m0/s1. The zero-order chi connectivity index (χ0) is 30.4. The average molecular weight is 568 g/mol. The fourth-order valence-corrected chi connectivity index (χ4v) is 3.94. The quantitative estimate of drug-likeness (QED) is 0.116. The van der Waals surface area contributed by atoms with Gasteiger partial charge in [0.1, 0.15) is 18.1 Å². The van der Waals surface area contributed by atoms with Crippen molar-refractivity contribution in [3.8, 4) is 0 Å². The zero-order valence-electron chi connectivity index (χ0n) is 22.6. The molecule has 220 valence electrons. The molecule has 11 N–H and O–H groups in total. The van der Waals surface area contributed by atoms with Gasteiger partial charge in [-0.1, -0.05) is 60.7 Å². The summed E-state index contributed by atoms with van der Waals surface area (Å²) in [6, 6.07) is 13.1. The van der Waals surface area contributed by atoms with Crippen LogP contribution in [0, 0.1) is 0 Å². The maximum absolute atomic E-state index is 13.4. The minimum Gasteiger partial charge on any atom is -0.370 e. The molecule has 2 aromatic rings. The summed E-state index contributed by atoms with van der Waals surface area (Å²) < 4.78 is 0. The molecular weight excluding hydrogens is 530 g/mol. The first-order valence-electron chi connectivity index (χ1n) is 13.1. The Morgan fingerprint density at radius 2 is 0.976 bits per heavy atom. The van der Waals surface area contributed by atoms with Crippen molar-refractivity contribution in [2.75, 3.05) is 0 Å². The first-order chi connectivity index (χ1) is 19.5. The number of amides is 6. The Bertz CT molecular complexity index is 1210. The maximum Gasteiger partial charge on any atom is 0.243 e. The number of carbonyl (C=O) groups excluding carboxylic acids is 6. The summed E-state index contributed by atoms with van der Waals surface area (Å²) in [6.07, 6.45) is -0.438. The summed E-state index contributed by atoms with van der Waals surface area (Å²) in [7, 11) is 0. The summed E-state index contributed by atoms with van der Waals surface area (Å²) in [4.78, 5) is 74.0. The van der Waals surface area contributed by atoms with Crippen LogP contribution in [0.5, 0.6) is 0 Å². The lowest BCUT2D eigenvalue weighted by Crippen LogP contribution is -2.58. The van der Waals surface area contributed by atoms with Crippen molar-refractivity contribution < 1.29 is 28.8 Å². The van der Waals surface area contributed by atoms with Gasteiger partial charge in [0, 0.05) is 25.7 Å². The molecule has 0 saturated heterocycles. The van der Waals surface area contributed by atoms with Gasteiger partial charge < -0.3 is 38.9 Å². The van der Waals surface area contributed by atoms with Crippen LogP contribution >= 0.6 is 0 Å². The van der Waals surface area contributed by atoms with Gasteiger partial charge in [-0.3, -0.25) is 28.8 Å². The van der Waals surface area contributed by atoms with Crippen molar-refractivity contribution in [3.05, 3.63) is 71.8 Å². The molecule has 0 radical (unpaired) electrons. The van der Waals surface area contributed by atoms with Gasteiger partial charge in [-0.15, -0.1) is 0 Å². The largest absolute Gasteiger partial charge is 0.370 e. The van der Waals surface area contributed by atoms with Crippen molar-refractivity contribution in [1.29, 1.82) is 0 Å².